The molecule has 5 heteroatoms. The second kappa shape index (κ2) is 8.13. The van der Waals surface area contributed by atoms with Crippen LogP contribution in [0.1, 0.15) is 59.8 Å². The lowest BCUT2D eigenvalue weighted by atomic mass is 10.1. The molecule has 0 spiro atoms. The van der Waals surface area contributed by atoms with Crippen LogP contribution in [-0.2, 0) is 15.9 Å². The van der Waals surface area contributed by atoms with Crippen molar-refractivity contribution in [2.75, 3.05) is 18.8 Å². The van der Waals surface area contributed by atoms with Crippen molar-refractivity contribution in [3.63, 3.8) is 0 Å². The quantitative estimate of drug-likeness (QED) is 0.578. The van der Waals surface area contributed by atoms with Crippen LogP contribution in [-0.4, -0.2) is 45.2 Å². The standard InChI is InChI=1S/C15H29NO3S/c1-5-6-7-12-20(18)13-8-10-16(11-9-13)14(17)19-15(2,3)4/h13H,5-12H2,1-4H3. The van der Waals surface area contributed by atoms with E-state index in [4.69, 9.17) is 4.74 Å². The van der Waals surface area contributed by atoms with Crippen LogP contribution in [0, 0.1) is 0 Å². The largest absolute Gasteiger partial charge is 0.616 e. The number of carbonyl (C=O) groups is 1. The normalized spacial score (nSPS) is 18.9. The number of piperidine rings is 1. The zero-order valence-corrected chi connectivity index (χ0v) is 14.1. The maximum absolute atomic E-state index is 12.2. The molecule has 0 saturated carbocycles. The first-order valence-electron chi connectivity index (χ1n) is 7.68. The van der Waals surface area contributed by atoms with E-state index in [2.05, 4.69) is 6.92 Å². The summed E-state index contributed by atoms with van der Waals surface area (Å²) >= 11 is -0.734. The van der Waals surface area contributed by atoms with Crippen molar-refractivity contribution in [2.24, 2.45) is 0 Å². The number of amides is 1. The molecule has 0 aliphatic carbocycles. The second-order valence-corrected chi connectivity index (χ2v) is 8.30. The minimum absolute atomic E-state index is 0.243. The molecule has 0 N–H and O–H groups in total. The highest BCUT2D eigenvalue weighted by molar-refractivity contribution is 7.92. The molecule has 1 fully saturated rings. The van der Waals surface area contributed by atoms with Crippen molar-refractivity contribution < 1.29 is 14.1 Å². The van der Waals surface area contributed by atoms with Crippen LogP contribution in [0.25, 0.3) is 0 Å². The van der Waals surface area contributed by atoms with Crippen LogP contribution in [0.15, 0.2) is 0 Å². The van der Waals surface area contributed by atoms with Gasteiger partial charge in [0.15, 0.2) is 0 Å². The highest BCUT2D eigenvalue weighted by Gasteiger charge is 2.31. The molecule has 0 aromatic heterocycles. The Bertz CT molecular complexity index is 296. The Morgan fingerprint density at radius 1 is 1.30 bits per heavy atom. The number of hydrogen-bond acceptors (Lipinski definition) is 3. The minimum Gasteiger partial charge on any atom is -0.616 e. The monoisotopic (exact) mass is 303 g/mol. The van der Waals surface area contributed by atoms with Gasteiger partial charge in [-0.3, -0.25) is 0 Å². The number of hydrogen-bond donors (Lipinski definition) is 0. The third kappa shape index (κ3) is 6.35. The van der Waals surface area contributed by atoms with Gasteiger partial charge in [-0.05, 0) is 33.6 Å². The topological polar surface area (TPSA) is 52.6 Å². The van der Waals surface area contributed by atoms with Crippen molar-refractivity contribution in [3.8, 4) is 0 Å². The Morgan fingerprint density at radius 2 is 1.90 bits per heavy atom. The van der Waals surface area contributed by atoms with Crippen LogP contribution in [0.5, 0.6) is 0 Å². The summed E-state index contributed by atoms with van der Waals surface area (Å²) < 4.78 is 17.5. The molecule has 1 atom stereocenters. The number of rotatable bonds is 5. The molecule has 1 unspecified atom stereocenters. The van der Waals surface area contributed by atoms with Crippen molar-refractivity contribution in [2.45, 2.75) is 70.7 Å². The van der Waals surface area contributed by atoms with E-state index in [1.54, 1.807) is 4.90 Å². The molecule has 0 radical (unpaired) electrons. The lowest BCUT2D eigenvalue weighted by Crippen LogP contribution is -2.45. The van der Waals surface area contributed by atoms with Gasteiger partial charge in [0.2, 0.25) is 0 Å². The smallest absolute Gasteiger partial charge is 0.410 e. The maximum atomic E-state index is 12.2. The Kier molecular flexibility index (Phi) is 7.17. The van der Waals surface area contributed by atoms with Gasteiger partial charge in [0.25, 0.3) is 0 Å². The number of likely N-dealkylation sites (tertiary alicyclic amines) is 1. The van der Waals surface area contributed by atoms with E-state index in [0.29, 0.717) is 13.1 Å². The molecule has 0 aromatic rings. The third-order valence-electron chi connectivity index (χ3n) is 3.41. The molecule has 1 aliphatic rings. The predicted molar refractivity (Wildman–Crippen MR) is 83.4 cm³/mol. The van der Waals surface area contributed by atoms with Crippen molar-refractivity contribution in [1.29, 1.82) is 0 Å². The Hall–Kier alpha value is -0.420. The molecule has 1 heterocycles. The Morgan fingerprint density at radius 3 is 2.40 bits per heavy atom. The van der Waals surface area contributed by atoms with E-state index in [1.165, 1.54) is 0 Å². The van der Waals surface area contributed by atoms with Gasteiger partial charge in [-0.25, -0.2) is 4.79 Å². The first kappa shape index (κ1) is 17.6. The molecule has 118 valence electrons. The van der Waals surface area contributed by atoms with Gasteiger partial charge >= 0.3 is 6.09 Å². The SMILES string of the molecule is CCCCC[S+]([O-])C1CCN(C(=O)OC(C)(C)C)CC1. The van der Waals surface area contributed by atoms with Crippen molar-refractivity contribution >= 4 is 17.3 Å². The predicted octanol–water partition coefficient (Wildman–Crippen LogP) is 3.32. The van der Waals surface area contributed by atoms with Crippen LogP contribution < -0.4 is 0 Å². The van der Waals surface area contributed by atoms with Crippen molar-refractivity contribution in [3.05, 3.63) is 0 Å². The first-order chi connectivity index (χ1) is 9.33. The summed E-state index contributed by atoms with van der Waals surface area (Å²) in [6, 6.07) is 0. The van der Waals surface area contributed by atoms with Gasteiger partial charge in [-0.1, -0.05) is 24.5 Å². The second-order valence-electron chi connectivity index (χ2n) is 6.46. The molecule has 1 saturated heterocycles. The number of unbranched alkanes of at least 4 members (excludes halogenated alkanes) is 2. The average Bonchev–Trinajstić information content (AvgIpc) is 2.37. The minimum atomic E-state index is -0.734. The fraction of sp³-hybridized carbons (Fsp3) is 0.933. The Labute approximate surface area is 126 Å². The molecule has 1 rings (SSSR count). The summed E-state index contributed by atoms with van der Waals surface area (Å²) in [4.78, 5) is 13.7. The number of nitrogens with zero attached hydrogens (tertiary/aromatic N) is 1. The molecule has 1 amide bonds. The van der Waals surface area contributed by atoms with Gasteiger partial charge in [-0.2, -0.15) is 0 Å². The maximum Gasteiger partial charge on any atom is 0.410 e. The highest BCUT2D eigenvalue weighted by atomic mass is 32.2. The lowest BCUT2D eigenvalue weighted by Gasteiger charge is -2.34. The third-order valence-corrected chi connectivity index (χ3v) is 5.32. The van der Waals surface area contributed by atoms with Gasteiger partial charge < -0.3 is 14.2 Å². The zero-order valence-electron chi connectivity index (χ0n) is 13.3. The molecule has 0 bridgehead atoms. The van der Waals surface area contributed by atoms with E-state index in [0.717, 1.165) is 37.9 Å². The average molecular weight is 303 g/mol. The van der Waals surface area contributed by atoms with Gasteiger partial charge in [0, 0.05) is 25.9 Å². The van der Waals surface area contributed by atoms with E-state index in [-0.39, 0.29) is 11.3 Å². The molecular formula is C15H29NO3S. The van der Waals surface area contributed by atoms with E-state index in [9.17, 15) is 9.35 Å². The highest BCUT2D eigenvalue weighted by Crippen LogP contribution is 2.21. The van der Waals surface area contributed by atoms with Gasteiger partial charge in [-0.15, -0.1) is 0 Å². The molecule has 1 aliphatic heterocycles. The van der Waals surface area contributed by atoms with Gasteiger partial charge in [0.1, 0.15) is 16.6 Å². The summed E-state index contributed by atoms with van der Waals surface area (Å²) in [6.07, 6.45) is 4.79. The first-order valence-corrected chi connectivity index (χ1v) is 9.07. The lowest BCUT2D eigenvalue weighted by molar-refractivity contribution is 0.0217. The number of ether oxygens (including phenoxy) is 1. The fourth-order valence-corrected chi connectivity index (χ4v) is 3.85. The fourth-order valence-electron chi connectivity index (χ4n) is 2.29. The molecular weight excluding hydrogens is 274 g/mol. The summed E-state index contributed by atoms with van der Waals surface area (Å²) in [5, 5.41) is 0.255. The summed E-state index contributed by atoms with van der Waals surface area (Å²) in [5.74, 6) is 0.810. The zero-order chi connectivity index (χ0) is 15.2. The summed E-state index contributed by atoms with van der Waals surface area (Å²) in [6.45, 7) is 9.11. The van der Waals surface area contributed by atoms with Crippen LogP contribution in [0.3, 0.4) is 0 Å². The Balaban J connectivity index is 2.30. The number of carbonyl (C=O) groups excluding carboxylic acids is 1. The van der Waals surface area contributed by atoms with Gasteiger partial charge in [0.05, 0.1) is 0 Å². The van der Waals surface area contributed by atoms with Crippen molar-refractivity contribution in [1.82, 2.24) is 4.90 Å². The molecule has 20 heavy (non-hydrogen) atoms. The van der Waals surface area contributed by atoms with Crippen LogP contribution >= 0.6 is 0 Å². The van der Waals surface area contributed by atoms with Crippen LogP contribution in [0.4, 0.5) is 4.79 Å². The summed E-state index contributed by atoms with van der Waals surface area (Å²) in [5.41, 5.74) is -0.448. The van der Waals surface area contributed by atoms with E-state index in [1.807, 2.05) is 20.8 Å². The van der Waals surface area contributed by atoms with E-state index < -0.39 is 16.8 Å². The summed E-state index contributed by atoms with van der Waals surface area (Å²) in [7, 11) is 0. The molecule has 4 nitrogen and oxygen atoms in total. The van der Waals surface area contributed by atoms with E-state index >= 15 is 0 Å². The molecule has 0 aromatic carbocycles. The van der Waals surface area contributed by atoms with Crippen LogP contribution in [0.2, 0.25) is 0 Å².